The highest BCUT2D eigenvalue weighted by Crippen LogP contribution is 2.31. The number of anilines is 1. The first-order chi connectivity index (χ1) is 12.6. The fraction of sp³-hybridized carbons (Fsp3) is 0.444. The second-order valence-electron chi connectivity index (χ2n) is 7.49. The number of sulfonamides is 1. The summed E-state index contributed by atoms with van der Waals surface area (Å²) in [5.41, 5.74) is 0.244. The first-order valence-electron chi connectivity index (χ1n) is 8.66. The van der Waals surface area contributed by atoms with Crippen molar-refractivity contribution >= 4 is 44.6 Å². The fourth-order valence-corrected chi connectivity index (χ4v) is 5.65. The number of nitrogens with zero attached hydrogens (tertiary/aromatic N) is 2. The van der Waals surface area contributed by atoms with Gasteiger partial charge in [-0.25, -0.2) is 13.4 Å². The Bertz CT molecular complexity index is 958. The van der Waals surface area contributed by atoms with Gasteiger partial charge in [0.05, 0.1) is 16.2 Å². The second-order valence-corrected chi connectivity index (χ2v) is 10.8. The third-order valence-corrected chi connectivity index (χ3v) is 8.05. The summed E-state index contributed by atoms with van der Waals surface area (Å²) in [7, 11) is -3.67. The van der Waals surface area contributed by atoms with Gasteiger partial charge >= 0.3 is 0 Å². The highest BCUT2D eigenvalue weighted by Gasteiger charge is 2.29. The SMILES string of the molecule is CC(C)(C)c1ncc(C(=O)Nc2ccc(Cl)c(S(=O)(=O)N3CCCC3)c2)s1. The monoisotopic (exact) mass is 427 g/mol. The van der Waals surface area contributed by atoms with E-state index in [1.807, 2.05) is 20.8 Å². The molecular weight excluding hydrogens is 406 g/mol. The highest BCUT2D eigenvalue weighted by atomic mass is 35.5. The molecule has 1 amide bonds. The lowest BCUT2D eigenvalue weighted by Gasteiger charge is -2.17. The fourth-order valence-electron chi connectivity index (χ4n) is 2.76. The zero-order chi connectivity index (χ0) is 19.8. The summed E-state index contributed by atoms with van der Waals surface area (Å²) in [5.74, 6) is -0.324. The van der Waals surface area contributed by atoms with E-state index in [1.165, 1.54) is 27.8 Å². The van der Waals surface area contributed by atoms with Crippen LogP contribution in [0.25, 0.3) is 0 Å². The minimum absolute atomic E-state index is 0.0172. The summed E-state index contributed by atoms with van der Waals surface area (Å²) in [6.07, 6.45) is 3.22. The summed E-state index contributed by atoms with van der Waals surface area (Å²) >= 11 is 7.46. The molecule has 0 aliphatic carbocycles. The van der Waals surface area contributed by atoms with Crippen molar-refractivity contribution in [2.24, 2.45) is 0 Å². The molecule has 0 atom stereocenters. The van der Waals surface area contributed by atoms with Crippen LogP contribution in [0.5, 0.6) is 0 Å². The van der Waals surface area contributed by atoms with Crippen molar-refractivity contribution < 1.29 is 13.2 Å². The summed E-state index contributed by atoms with van der Waals surface area (Å²) < 4.78 is 27.0. The molecule has 1 aromatic carbocycles. The largest absolute Gasteiger partial charge is 0.321 e. The smallest absolute Gasteiger partial charge is 0.267 e. The molecule has 0 saturated carbocycles. The average Bonchev–Trinajstić information content (AvgIpc) is 3.28. The third kappa shape index (κ3) is 4.34. The average molecular weight is 428 g/mol. The zero-order valence-electron chi connectivity index (χ0n) is 15.5. The lowest BCUT2D eigenvalue weighted by atomic mass is 9.98. The van der Waals surface area contributed by atoms with Crippen LogP contribution in [0.15, 0.2) is 29.3 Å². The van der Waals surface area contributed by atoms with Gasteiger partial charge in [-0.05, 0) is 31.0 Å². The van der Waals surface area contributed by atoms with Gasteiger partial charge in [-0.3, -0.25) is 4.79 Å². The Kier molecular flexibility index (Phi) is 5.63. The van der Waals surface area contributed by atoms with Crippen LogP contribution in [0.2, 0.25) is 5.02 Å². The molecule has 0 radical (unpaired) electrons. The number of thiazole rings is 1. The van der Waals surface area contributed by atoms with E-state index in [1.54, 1.807) is 12.3 Å². The Morgan fingerprint density at radius 3 is 2.52 bits per heavy atom. The lowest BCUT2D eigenvalue weighted by molar-refractivity contribution is 0.103. The predicted molar refractivity (Wildman–Crippen MR) is 108 cm³/mol. The Balaban J connectivity index is 1.84. The first-order valence-corrected chi connectivity index (χ1v) is 11.3. The molecule has 1 aliphatic heterocycles. The van der Waals surface area contributed by atoms with Crippen molar-refractivity contribution in [3.8, 4) is 0 Å². The van der Waals surface area contributed by atoms with Crippen LogP contribution in [0.4, 0.5) is 5.69 Å². The molecule has 0 unspecified atom stereocenters. The molecule has 1 aliphatic rings. The molecule has 1 fully saturated rings. The topological polar surface area (TPSA) is 79.4 Å². The van der Waals surface area contributed by atoms with Crippen LogP contribution in [0.3, 0.4) is 0 Å². The van der Waals surface area contributed by atoms with E-state index in [2.05, 4.69) is 10.3 Å². The summed E-state index contributed by atoms with van der Waals surface area (Å²) in [4.78, 5) is 17.3. The normalized spacial score (nSPS) is 15.9. The Morgan fingerprint density at radius 1 is 1.26 bits per heavy atom. The number of nitrogens with one attached hydrogen (secondary N) is 1. The summed E-state index contributed by atoms with van der Waals surface area (Å²) in [6, 6.07) is 4.50. The van der Waals surface area contributed by atoms with E-state index in [9.17, 15) is 13.2 Å². The van der Waals surface area contributed by atoms with Crippen molar-refractivity contribution in [2.75, 3.05) is 18.4 Å². The molecule has 3 rings (SSSR count). The van der Waals surface area contributed by atoms with Crippen LogP contribution in [0, 0.1) is 0 Å². The van der Waals surface area contributed by atoms with Crippen molar-refractivity contribution in [2.45, 2.75) is 43.9 Å². The number of benzene rings is 1. The van der Waals surface area contributed by atoms with Gasteiger partial charge in [0.2, 0.25) is 10.0 Å². The number of carbonyl (C=O) groups is 1. The van der Waals surface area contributed by atoms with Gasteiger partial charge in [0.15, 0.2) is 0 Å². The molecule has 2 heterocycles. The van der Waals surface area contributed by atoms with Gasteiger partial charge in [-0.15, -0.1) is 11.3 Å². The maximum atomic E-state index is 12.8. The first kappa shape index (κ1) is 20.3. The Morgan fingerprint density at radius 2 is 1.93 bits per heavy atom. The minimum atomic E-state index is -3.67. The van der Waals surface area contributed by atoms with Gasteiger partial charge in [-0.2, -0.15) is 4.31 Å². The Labute approximate surface area is 168 Å². The number of halogens is 1. The van der Waals surface area contributed by atoms with Crippen molar-refractivity contribution in [3.05, 3.63) is 39.3 Å². The number of carbonyl (C=O) groups excluding carboxylic acids is 1. The summed E-state index contributed by atoms with van der Waals surface area (Å²) in [5, 5.41) is 3.75. The summed E-state index contributed by atoms with van der Waals surface area (Å²) in [6.45, 7) is 7.07. The van der Waals surface area contributed by atoms with E-state index in [4.69, 9.17) is 11.6 Å². The molecule has 1 saturated heterocycles. The van der Waals surface area contributed by atoms with Gasteiger partial charge in [0.1, 0.15) is 9.77 Å². The van der Waals surface area contributed by atoms with Crippen molar-refractivity contribution in [3.63, 3.8) is 0 Å². The van der Waals surface area contributed by atoms with Crippen molar-refractivity contribution in [1.29, 1.82) is 0 Å². The number of rotatable bonds is 4. The van der Waals surface area contributed by atoms with Crippen LogP contribution < -0.4 is 5.32 Å². The Hall–Kier alpha value is -1.48. The van der Waals surface area contributed by atoms with E-state index in [0.29, 0.717) is 23.7 Å². The minimum Gasteiger partial charge on any atom is -0.321 e. The molecule has 6 nitrogen and oxygen atoms in total. The van der Waals surface area contributed by atoms with Crippen LogP contribution >= 0.6 is 22.9 Å². The molecule has 27 heavy (non-hydrogen) atoms. The zero-order valence-corrected chi connectivity index (χ0v) is 17.8. The number of hydrogen-bond acceptors (Lipinski definition) is 5. The maximum absolute atomic E-state index is 12.8. The van der Waals surface area contributed by atoms with E-state index >= 15 is 0 Å². The van der Waals surface area contributed by atoms with E-state index in [-0.39, 0.29) is 21.2 Å². The quantitative estimate of drug-likeness (QED) is 0.795. The van der Waals surface area contributed by atoms with Crippen LogP contribution in [-0.2, 0) is 15.4 Å². The van der Waals surface area contributed by atoms with E-state index in [0.717, 1.165) is 17.8 Å². The second kappa shape index (κ2) is 7.50. The van der Waals surface area contributed by atoms with Crippen molar-refractivity contribution in [1.82, 2.24) is 9.29 Å². The predicted octanol–water partition coefficient (Wildman–Crippen LogP) is 4.13. The highest BCUT2D eigenvalue weighted by molar-refractivity contribution is 7.89. The molecule has 9 heteroatoms. The molecule has 1 aromatic heterocycles. The van der Waals surface area contributed by atoms with Gasteiger partial charge < -0.3 is 5.32 Å². The number of amides is 1. The van der Waals surface area contributed by atoms with E-state index < -0.39 is 10.0 Å². The van der Waals surface area contributed by atoms with Gasteiger partial charge in [0.25, 0.3) is 5.91 Å². The molecule has 1 N–H and O–H groups in total. The molecular formula is C18H22ClN3O3S2. The molecule has 0 bridgehead atoms. The number of aromatic nitrogens is 1. The maximum Gasteiger partial charge on any atom is 0.267 e. The van der Waals surface area contributed by atoms with Gasteiger partial charge in [0, 0.05) is 24.2 Å². The third-order valence-electron chi connectivity index (χ3n) is 4.24. The molecule has 2 aromatic rings. The number of hydrogen-bond donors (Lipinski definition) is 1. The van der Waals surface area contributed by atoms with Crippen LogP contribution in [-0.4, -0.2) is 36.7 Å². The lowest BCUT2D eigenvalue weighted by Crippen LogP contribution is -2.28. The van der Waals surface area contributed by atoms with Gasteiger partial charge in [-0.1, -0.05) is 32.4 Å². The molecule has 146 valence electrons. The van der Waals surface area contributed by atoms with Crippen LogP contribution in [0.1, 0.15) is 48.3 Å². The standard InChI is InChI=1S/C18H22ClN3O3S2/c1-18(2,3)17-20-11-14(26-17)16(23)21-12-6-7-13(19)15(10-12)27(24,25)22-8-4-5-9-22/h6-7,10-11H,4-5,8-9H2,1-3H3,(H,21,23). The molecule has 0 spiro atoms.